The Bertz CT molecular complexity index is 145. The van der Waals surface area contributed by atoms with Crippen molar-refractivity contribution in [2.75, 3.05) is 11.1 Å². The molecule has 11 heavy (non-hydrogen) atoms. The number of nitrogens with two attached hydrogens (primary N) is 2. The van der Waals surface area contributed by atoms with Crippen LogP contribution in [0.2, 0.25) is 0 Å². The van der Waals surface area contributed by atoms with Crippen LogP contribution in [0.15, 0.2) is 4.99 Å². The molecular weight excluding hydrogens is 296 g/mol. The lowest BCUT2D eigenvalue weighted by Gasteiger charge is -1.94. The molecular formula is C4H10Br2N4S. The molecule has 0 saturated heterocycles. The van der Waals surface area contributed by atoms with Crippen LogP contribution in [-0.2, 0) is 0 Å². The van der Waals surface area contributed by atoms with Crippen LogP contribution in [0.4, 0.5) is 0 Å². The largest absolute Gasteiger partial charge is 0.370 e. The van der Waals surface area contributed by atoms with Crippen molar-refractivity contribution in [1.82, 2.24) is 0 Å². The van der Waals surface area contributed by atoms with E-state index in [4.69, 9.17) is 16.9 Å². The Kier molecular flexibility index (Phi) is 10.5. The molecule has 0 aliphatic heterocycles. The van der Waals surface area contributed by atoms with Gasteiger partial charge in [0.05, 0.1) is 0 Å². The van der Waals surface area contributed by atoms with Gasteiger partial charge in [0.15, 0.2) is 11.1 Å². The van der Waals surface area contributed by atoms with Crippen LogP contribution < -0.4 is 11.5 Å². The van der Waals surface area contributed by atoms with Gasteiger partial charge in [0.2, 0.25) is 0 Å². The van der Waals surface area contributed by atoms with Crippen LogP contribution in [0, 0.1) is 5.41 Å². The summed E-state index contributed by atoms with van der Waals surface area (Å²) < 4.78 is 0. The number of guanidine groups is 1. The van der Waals surface area contributed by atoms with E-state index >= 15 is 0 Å². The summed E-state index contributed by atoms with van der Waals surface area (Å²) in [6.07, 6.45) is 0. The van der Waals surface area contributed by atoms with E-state index in [9.17, 15) is 0 Å². The highest BCUT2D eigenvalue weighted by Crippen LogP contribution is 2.03. The molecule has 0 atom stereocenters. The molecule has 0 fully saturated rings. The highest BCUT2D eigenvalue weighted by atomic mass is 79.9. The van der Waals surface area contributed by atoms with Gasteiger partial charge in [-0.2, -0.15) is 4.99 Å². The molecule has 5 N–H and O–H groups in total. The van der Waals surface area contributed by atoms with Crippen molar-refractivity contribution in [2.24, 2.45) is 16.5 Å². The summed E-state index contributed by atoms with van der Waals surface area (Å²) >= 11 is 4.51. The Morgan fingerprint density at radius 2 is 2.09 bits per heavy atom. The lowest BCUT2D eigenvalue weighted by atomic mass is 11.0. The molecule has 0 bridgehead atoms. The summed E-state index contributed by atoms with van der Waals surface area (Å²) in [7, 11) is 0. The van der Waals surface area contributed by atoms with E-state index < -0.39 is 0 Å². The van der Waals surface area contributed by atoms with E-state index in [1.807, 2.05) is 0 Å². The van der Waals surface area contributed by atoms with Gasteiger partial charge in [0, 0.05) is 11.1 Å². The molecule has 0 aromatic carbocycles. The molecule has 66 valence electrons. The van der Waals surface area contributed by atoms with Crippen LogP contribution in [0.1, 0.15) is 0 Å². The standard InChI is InChI=1S/C4H9BrN4S.BrH/c5-1-2-10-4(8)9-3(6)7;/h1-2H2,(H5,6,7,8,9);1H. The molecule has 0 rings (SSSR count). The molecule has 0 saturated carbocycles. The van der Waals surface area contributed by atoms with Crippen LogP contribution in [0.5, 0.6) is 0 Å². The van der Waals surface area contributed by atoms with E-state index in [2.05, 4.69) is 20.9 Å². The number of hydrogen-bond acceptors (Lipinski definition) is 2. The number of aliphatic imine (C=N–C) groups is 1. The predicted octanol–water partition coefficient (Wildman–Crippen LogP) is 0.901. The molecule has 7 heteroatoms. The van der Waals surface area contributed by atoms with E-state index in [1.54, 1.807) is 0 Å². The van der Waals surface area contributed by atoms with Crippen molar-refractivity contribution >= 4 is 55.8 Å². The number of alkyl halides is 1. The highest BCUT2D eigenvalue weighted by molar-refractivity contribution is 9.09. The number of hydrogen-bond donors (Lipinski definition) is 3. The number of rotatable bonds is 2. The van der Waals surface area contributed by atoms with Gasteiger partial charge in [-0.1, -0.05) is 27.7 Å². The van der Waals surface area contributed by atoms with Gasteiger partial charge < -0.3 is 11.5 Å². The zero-order chi connectivity index (χ0) is 7.98. The maximum Gasteiger partial charge on any atom is 0.193 e. The highest BCUT2D eigenvalue weighted by Gasteiger charge is 1.92. The third-order valence-corrected chi connectivity index (χ3v) is 2.24. The third-order valence-electron chi connectivity index (χ3n) is 0.547. The van der Waals surface area contributed by atoms with Crippen molar-refractivity contribution in [2.45, 2.75) is 0 Å². The molecule has 0 aliphatic carbocycles. The lowest BCUT2D eigenvalue weighted by Crippen LogP contribution is -2.23. The van der Waals surface area contributed by atoms with Gasteiger partial charge in [-0.05, 0) is 0 Å². The van der Waals surface area contributed by atoms with Crippen LogP contribution in [0.3, 0.4) is 0 Å². The molecule has 0 unspecified atom stereocenters. The van der Waals surface area contributed by atoms with Gasteiger partial charge >= 0.3 is 0 Å². The van der Waals surface area contributed by atoms with E-state index in [0.29, 0.717) is 0 Å². The fourth-order valence-electron chi connectivity index (χ4n) is 0.285. The quantitative estimate of drug-likeness (QED) is 0.402. The Labute approximate surface area is 88.6 Å². The zero-order valence-electron chi connectivity index (χ0n) is 5.71. The third kappa shape index (κ3) is 10.2. The molecule has 4 nitrogen and oxygen atoms in total. The van der Waals surface area contributed by atoms with Gasteiger partial charge in [-0.25, -0.2) is 0 Å². The van der Waals surface area contributed by atoms with Gasteiger partial charge in [-0.3, -0.25) is 5.41 Å². The second-order valence-electron chi connectivity index (χ2n) is 1.38. The van der Waals surface area contributed by atoms with Crippen molar-refractivity contribution in [3.8, 4) is 0 Å². The number of amidine groups is 1. The second kappa shape index (κ2) is 8.35. The number of halogens is 2. The monoisotopic (exact) mass is 304 g/mol. The Morgan fingerprint density at radius 3 is 2.45 bits per heavy atom. The topological polar surface area (TPSA) is 88.2 Å². The van der Waals surface area contributed by atoms with E-state index in [-0.39, 0.29) is 28.1 Å². The SMILES string of the molecule is Br.N=C(N=C(N)N)SCCBr. The van der Waals surface area contributed by atoms with Crippen molar-refractivity contribution in [3.05, 3.63) is 0 Å². The smallest absolute Gasteiger partial charge is 0.193 e. The van der Waals surface area contributed by atoms with Crippen molar-refractivity contribution in [1.29, 1.82) is 5.41 Å². The first-order valence-corrected chi connectivity index (χ1v) is 4.64. The Hall–Kier alpha value is 0.250. The summed E-state index contributed by atoms with van der Waals surface area (Å²) in [6, 6.07) is 0. The average Bonchev–Trinajstić information content (AvgIpc) is 1.82. The van der Waals surface area contributed by atoms with E-state index in [0.717, 1.165) is 11.1 Å². The minimum Gasteiger partial charge on any atom is -0.370 e. The fourth-order valence-corrected chi connectivity index (χ4v) is 1.21. The predicted molar refractivity (Wildman–Crippen MR) is 60.1 cm³/mol. The van der Waals surface area contributed by atoms with Gasteiger partial charge in [-0.15, -0.1) is 17.0 Å². The van der Waals surface area contributed by atoms with Crippen molar-refractivity contribution in [3.63, 3.8) is 0 Å². The number of thioether (sulfide) groups is 1. The van der Waals surface area contributed by atoms with Crippen LogP contribution in [-0.4, -0.2) is 22.2 Å². The molecule has 0 aromatic rings. The van der Waals surface area contributed by atoms with E-state index in [1.165, 1.54) is 11.8 Å². The first-order valence-electron chi connectivity index (χ1n) is 2.53. The molecule has 0 heterocycles. The molecule has 0 radical (unpaired) electrons. The maximum atomic E-state index is 7.12. The maximum absolute atomic E-state index is 7.12. The van der Waals surface area contributed by atoms with Gasteiger partial charge in [0.1, 0.15) is 0 Å². The first-order chi connectivity index (χ1) is 4.66. The van der Waals surface area contributed by atoms with Crippen LogP contribution in [0.25, 0.3) is 0 Å². The number of nitrogens with zero attached hydrogens (tertiary/aromatic N) is 1. The minimum absolute atomic E-state index is 0. The fraction of sp³-hybridized carbons (Fsp3) is 0.500. The Balaban J connectivity index is 0. The summed E-state index contributed by atoms with van der Waals surface area (Å²) in [6.45, 7) is 0. The molecule has 0 amide bonds. The van der Waals surface area contributed by atoms with Crippen LogP contribution >= 0.6 is 44.7 Å². The molecule has 0 aromatic heterocycles. The normalized spacial score (nSPS) is 8.09. The molecule has 0 aliphatic rings. The summed E-state index contributed by atoms with van der Waals surface area (Å²) in [5.74, 6) is 0.738. The first kappa shape index (κ1) is 13.8. The number of nitrogens with one attached hydrogen (secondary N) is 1. The van der Waals surface area contributed by atoms with Gasteiger partial charge in [0.25, 0.3) is 0 Å². The van der Waals surface area contributed by atoms with Crippen molar-refractivity contribution < 1.29 is 0 Å². The lowest BCUT2D eigenvalue weighted by molar-refractivity contribution is 1.44. The summed E-state index contributed by atoms with van der Waals surface area (Å²) in [5.41, 5.74) is 10.1. The average molecular weight is 306 g/mol. The zero-order valence-corrected chi connectivity index (χ0v) is 9.83. The minimum atomic E-state index is -0.0629. The summed E-state index contributed by atoms with van der Waals surface area (Å²) in [4.78, 5) is 3.51. The second-order valence-corrected chi connectivity index (χ2v) is 3.26. The molecule has 0 spiro atoms. The summed E-state index contributed by atoms with van der Waals surface area (Å²) in [5, 5.41) is 8.10. The Morgan fingerprint density at radius 1 is 1.55 bits per heavy atom.